The SMILES string of the molecule is Cc1nc(NCc2cn[nH]c2-c2ccc(F)cc2)c2cnn(C)c2n1. The van der Waals surface area contributed by atoms with Gasteiger partial charge in [0.1, 0.15) is 17.5 Å². The van der Waals surface area contributed by atoms with E-state index in [9.17, 15) is 4.39 Å². The highest BCUT2D eigenvalue weighted by Gasteiger charge is 2.12. The van der Waals surface area contributed by atoms with Crippen LogP contribution in [0.3, 0.4) is 0 Å². The molecule has 7 nitrogen and oxygen atoms in total. The van der Waals surface area contributed by atoms with Gasteiger partial charge in [0.25, 0.3) is 0 Å². The average molecular weight is 337 g/mol. The fraction of sp³-hybridized carbons (Fsp3) is 0.176. The number of halogens is 1. The zero-order valence-corrected chi connectivity index (χ0v) is 13.8. The number of anilines is 1. The standard InChI is InChI=1S/C17H16FN7/c1-10-22-16(14-9-21-25(2)17(14)23-10)19-7-12-8-20-24-15(12)11-3-5-13(18)6-4-11/h3-6,8-9H,7H2,1-2H3,(H,20,24)(H,19,22,23). The quantitative estimate of drug-likeness (QED) is 0.598. The van der Waals surface area contributed by atoms with Crippen molar-refractivity contribution in [3.05, 3.63) is 53.9 Å². The molecule has 8 heteroatoms. The summed E-state index contributed by atoms with van der Waals surface area (Å²) >= 11 is 0. The highest BCUT2D eigenvalue weighted by atomic mass is 19.1. The van der Waals surface area contributed by atoms with Gasteiger partial charge < -0.3 is 5.32 Å². The van der Waals surface area contributed by atoms with Crippen molar-refractivity contribution in [3.8, 4) is 11.3 Å². The van der Waals surface area contributed by atoms with Crippen molar-refractivity contribution < 1.29 is 4.39 Å². The molecule has 0 bridgehead atoms. The van der Waals surface area contributed by atoms with Crippen molar-refractivity contribution in [3.63, 3.8) is 0 Å². The highest BCUT2D eigenvalue weighted by Crippen LogP contribution is 2.24. The van der Waals surface area contributed by atoms with Gasteiger partial charge in [0.15, 0.2) is 5.65 Å². The van der Waals surface area contributed by atoms with Crippen LogP contribution in [-0.4, -0.2) is 29.9 Å². The van der Waals surface area contributed by atoms with Crippen molar-refractivity contribution in [1.29, 1.82) is 0 Å². The van der Waals surface area contributed by atoms with Crippen LogP contribution in [0.5, 0.6) is 0 Å². The lowest BCUT2D eigenvalue weighted by atomic mass is 10.1. The number of nitrogens with one attached hydrogen (secondary N) is 2. The van der Waals surface area contributed by atoms with Crippen LogP contribution in [0.25, 0.3) is 22.3 Å². The van der Waals surface area contributed by atoms with Gasteiger partial charge in [-0.2, -0.15) is 10.2 Å². The van der Waals surface area contributed by atoms with Crippen LogP contribution >= 0.6 is 0 Å². The summed E-state index contributed by atoms with van der Waals surface area (Å²) in [7, 11) is 1.85. The van der Waals surface area contributed by atoms with Crippen LogP contribution < -0.4 is 5.32 Å². The minimum atomic E-state index is -0.265. The molecule has 0 spiro atoms. The molecule has 0 aliphatic rings. The third kappa shape index (κ3) is 2.82. The van der Waals surface area contributed by atoms with Crippen LogP contribution in [0.2, 0.25) is 0 Å². The van der Waals surface area contributed by atoms with Crippen molar-refractivity contribution >= 4 is 16.9 Å². The Hall–Kier alpha value is -3.29. The van der Waals surface area contributed by atoms with E-state index in [-0.39, 0.29) is 5.82 Å². The summed E-state index contributed by atoms with van der Waals surface area (Å²) in [5.74, 6) is 1.13. The lowest BCUT2D eigenvalue weighted by molar-refractivity contribution is 0.628. The van der Waals surface area contributed by atoms with E-state index < -0.39 is 0 Å². The monoisotopic (exact) mass is 337 g/mol. The number of H-pyrrole nitrogens is 1. The molecule has 4 aromatic rings. The maximum absolute atomic E-state index is 13.1. The van der Waals surface area contributed by atoms with E-state index in [1.54, 1.807) is 29.2 Å². The van der Waals surface area contributed by atoms with Crippen molar-refractivity contribution in [2.45, 2.75) is 13.5 Å². The Kier molecular flexibility index (Phi) is 3.64. The topological polar surface area (TPSA) is 84.3 Å². The second-order valence-electron chi connectivity index (χ2n) is 5.76. The number of aromatic nitrogens is 6. The van der Waals surface area contributed by atoms with Gasteiger partial charge in [0.2, 0.25) is 0 Å². The Morgan fingerprint density at radius 1 is 1.16 bits per heavy atom. The van der Waals surface area contributed by atoms with Crippen LogP contribution in [0.15, 0.2) is 36.7 Å². The molecule has 0 radical (unpaired) electrons. The summed E-state index contributed by atoms with van der Waals surface area (Å²) in [4.78, 5) is 8.88. The summed E-state index contributed by atoms with van der Waals surface area (Å²) in [5, 5.41) is 15.5. The van der Waals surface area contributed by atoms with Crippen LogP contribution in [0.1, 0.15) is 11.4 Å². The Morgan fingerprint density at radius 2 is 1.96 bits per heavy atom. The van der Waals surface area contributed by atoms with Gasteiger partial charge in [-0.15, -0.1) is 0 Å². The van der Waals surface area contributed by atoms with E-state index >= 15 is 0 Å². The van der Waals surface area contributed by atoms with Gasteiger partial charge in [-0.1, -0.05) is 0 Å². The van der Waals surface area contributed by atoms with E-state index in [4.69, 9.17) is 0 Å². The number of aromatic amines is 1. The van der Waals surface area contributed by atoms with Gasteiger partial charge in [-0.3, -0.25) is 9.78 Å². The molecule has 0 saturated carbocycles. The third-order valence-corrected chi connectivity index (χ3v) is 4.00. The van der Waals surface area contributed by atoms with Crippen LogP contribution in [0.4, 0.5) is 10.2 Å². The Labute approximate surface area is 142 Å². The largest absolute Gasteiger partial charge is 0.365 e. The predicted octanol–water partition coefficient (Wildman–Crippen LogP) is 2.81. The summed E-state index contributed by atoms with van der Waals surface area (Å²) in [6, 6.07) is 6.31. The number of benzene rings is 1. The van der Waals surface area contributed by atoms with Crippen molar-refractivity contribution in [2.75, 3.05) is 5.32 Å². The molecule has 0 unspecified atom stereocenters. The maximum Gasteiger partial charge on any atom is 0.163 e. The van der Waals surface area contributed by atoms with Crippen LogP contribution in [-0.2, 0) is 13.6 Å². The van der Waals surface area contributed by atoms with Gasteiger partial charge in [-0.05, 0) is 31.2 Å². The Morgan fingerprint density at radius 3 is 2.76 bits per heavy atom. The molecule has 25 heavy (non-hydrogen) atoms. The number of fused-ring (bicyclic) bond motifs is 1. The molecule has 0 aliphatic carbocycles. The molecule has 126 valence electrons. The molecule has 3 heterocycles. The van der Waals surface area contributed by atoms with E-state index in [0.29, 0.717) is 12.4 Å². The number of hydrogen-bond donors (Lipinski definition) is 2. The van der Waals surface area contributed by atoms with E-state index in [1.807, 2.05) is 14.0 Å². The Balaban J connectivity index is 1.63. The molecular formula is C17H16FN7. The smallest absolute Gasteiger partial charge is 0.163 e. The molecular weight excluding hydrogens is 321 g/mol. The van der Waals surface area contributed by atoms with E-state index in [2.05, 4.69) is 30.6 Å². The first-order valence-corrected chi connectivity index (χ1v) is 7.80. The van der Waals surface area contributed by atoms with Gasteiger partial charge >= 0.3 is 0 Å². The second kappa shape index (κ2) is 5.97. The van der Waals surface area contributed by atoms with Gasteiger partial charge in [0.05, 0.1) is 23.5 Å². The summed E-state index contributed by atoms with van der Waals surface area (Å²) < 4.78 is 14.8. The number of nitrogens with zero attached hydrogens (tertiary/aromatic N) is 5. The lowest BCUT2D eigenvalue weighted by Gasteiger charge is -2.08. The number of rotatable bonds is 4. The summed E-state index contributed by atoms with van der Waals surface area (Å²) in [6.45, 7) is 2.36. The van der Waals surface area contributed by atoms with Crippen LogP contribution in [0, 0.1) is 12.7 Å². The summed E-state index contributed by atoms with van der Waals surface area (Å²) in [6.07, 6.45) is 3.49. The molecule has 3 aromatic heterocycles. The number of aryl methyl sites for hydroxylation is 2. The normalized spacial score (nSPS) is 11.2. The minimum absolute atomic E-state index is 0.265. The van der Waals surface area contributed by atoms with E-state index in [1.165, 1.54) is 12.1 Å². The van der Waals surface area contributed by atoms with E-state index in [0.717, 1.165) is 33.7 Å². The van der Waals surface area contributed by atoms with Crippen molar-refractivity contribution in [1.82, 2.24) is 29.9 Å². The first-order valence-electron chi connectivity index (χ1n) is 7.80. The highest BCUT2D eigenvalue weighted by molar-refractivity contribution is 5.86. The fourth-order valence-corrected chi connectivity index (χ4v) is 2.76. The molecule has 1 aromatic carbocycles. The number of hydrogen-bond acceptors (Lipinski definition) is 5. The second-order valence-corrected chi connectivity index (χ2v) is 5.76. The first kappa shape index (κ1) is 15.3. The zero-order valence-electron chi connectivity index (χ0n) is 13.8. The molecule has 0 fully saturated rings. The molecule has 0 saturated heterocycles. The fourth-order valence-electron chi connectivity index (χ4n) is 2.76. The van der Waals surface area contributed by atoms with Gasteiger partial charge in [-0.25, -0.2) is 14.4 Å². The third-order valence-electron chi connectivity index (χ3n) is 4.00. The predicted molar refractivity (Wildman–Crippen MR) is 92.3 cm³/mol. The average Bonchev–Trinajstić information content (AvgIpc) is 3.21. The Bertz CT molecular complexity index is 1030. The molecule has 0 atom stereocenters. The molecule has 2 N–H and O–H groups in total. The minimum Gasteiger partial charge on any atom is -0.365 e. The maximum atomic E-state index is 13.1. The van der Waals surface area contributed by atoms with Crippen molar-refractivity contribution in [2.24, 2.45) is 7.05 Å². The zero-order chi connectivity index (χ0) is 17.4. The first-order chi connectivity index (χ1) is 12.1. The molecule has 4 rings (SSSR count). The van der Waals surface area contributed by atoms with Gasteiger partial charge in [0, 0.05) is 24.7 Å². The molecule has 0 aliphatic heterocycles. The molecule has 0 amide bonds. The lowest BCUT2D eigenvalue weighted by Crippen LogP contribution is -2.05. The summed E-state index contributed by atoms with van der Waals surface area (Å²) in [5.41, 5.74) is 3.46.